The van der Waals surface area contributed by atoms with E-state index < -0.39 is 11.9 Å². The van der Waals surface area contributed by atoms with E-state index in [4.69, 9.17) is 9.84 Å². The number of hydrogen-bond donors (Lipinski definition) is 1. The molecule has 1 rings (SSSR count). The van der Waals surface area contributed by atoms with Crippen molar-refractivity contribution in [3.63, 3.8) is 0 Å². The highest BCUT2D eigenvalue weighted by Crippen LogP contribution is 2.07. The number of aromatic carboxylic acids is 1. The minimum Gasteiger partial charge on any atom is -0.478 e. The molecule has 0 aliphatic heterocycles. The number of hydrogen-bond acceptors (Lipinski definition) is 4. The quantitative estimate of drug-likeness (QED) is 0.784. The number of esters is 1. The van der Waals surface area contributed by atoms with E-state index >= 15 is 0 Å². The predicted octanol–water partition coefficient (Wildman–Crippen LogP) is 1.59. The Morgan fingerprint density at radius 3 is 2.75 bits per heavy atom. The summed E-state index contributed by atoms with van der Waals surface area (Å²) in [6.07, 6.45) is 1.36. The van der Waals surface area contributed by atoms with Crippen LogP contribution in [-0.4, -0.2) is 28.6 Å². The van der Waals surface area contributed by atoms with E-state index in [1.165, 1.54) is 18.3 Å². The Balaban J connectivity index is 2.86. The first-order chi connectivity index (χ1) is 7.52. The van der Waals surface area contributed by atoms with Gasteiger partial charge in [0.15, 0.2) is 5.69 Å². The maximum absolute atomic E-state index is 11.5. The molecule has 0 aliphatic carbocycles. The molecule has 0 amide bonds. The number of carboxylic acid groups (broad SMARTS) is 1. The minimum absolute atomic E-state index is 0.142. The summed E-state index contributed by atoms with van der Waals surface area (Å²) in [6.45, 7) is 4.03. The van der Waals surface area contributed by atoms with Crippen LogP contribution in [0.3, 0.4) is 0 Å². The molecule has 0 bridgehead atoms. The predicted molar refractivity (Wildman–Crippen MR) is 56.3 cm³/mol. The number of nitrogens with zero attached hydrogens (tertiary/aromatic N) is 1. The molecule has 0 fully saturated rings. The monoisotopic (exact) mass is 223 g/mol. The number of ether oxygens (including phenoxy) is 1. The Morgan fingerprint density at radius 2 is 2.19 bits per heavy atom. The Kier molecular flexibility index (Phi) is 3.99. The van der Waals surface area contributed by atoms with Gasteiger partial charge in [-0.25, -0.2) is 14.6 Å². The van der Waals surface area contributed by atoms with Crippen molar-refractivity contribution in [1.82, 2.24) is 4.98 Å². The van der Waals surface area contributed by atoms with Gasteiger partial charge in [0, 0.05) is 6.20 Å². The molecule has 0 spiro atoms. The molecule has 16 heavy (non-hydrogen) atoms. The molecule has 1 aromatic heterocycles. The SMILES string of the molecule is CC(C)COC(=O)c1ncccc1C(=O)O. The van der Waals surface area contributed by atoms with Crippen molar-refractivity contribution in [2.24, 2.45) is 5.92 Å². The third-order valence-electron chi connectivity index (χ3n) is 1.78. The molecule has 1 aromatic rings. The van der Waals surface area contributed by atoms with E-state index in [1.807, 2.05) is 13.8 Å². The fourth-order valence-electron chi connectivity index (χ4n) is 1.05. The van der Waals surface area contributed by atoms with Crippen molar-refractivity contribution in [3.05, 3.63) is 29.6 Å². The van der Waals surface area contributed by atoms with E-state index in [-0.39, 0.29) is 23.8 Å². The first-order valence-corrected chi connectivity index (χ1v) is 4.87. The second-order valence-electron chi connectivity index (χ2n) is 3.70. The van der Waals surface area contributed by atoms with Gasteiger partial charge in [-0.1, -0.05) is 13.8 Å². The van der Waals surface area contributed by atoms with Gasteiger partial charge in [0.25, 0.3) is 0 Å². The highest BCUT2D eigenvalue weighted by Gasteiger charge is 2.18. The molecule has 0 saturated heterocycles. The molecule has 0 aliphatic rings. The van der Waals surface area contributed by atoms with Gasteiger partial charge < -0.3 is 9.84 Å². The molecule has 1 N–H and O–H groups in total. The first-order valence-electron chi connectivity index (χ1n) is 4.87. The largest absolute Gasteiger partial charge is 0.478 e. The summed E-state index contributed by atoms with van der Waals surface area (Å²) in [5.74, 6) is -1.70. The van der Waals surface area contributed by atoms with Crippen LogP contribution in [0, 0.1) is 5.92 Å². The third-order valence-corrected chi connectivity index (χ3v) is 1.78. The van der Waals surface area contributed by atoms with Gasteiger partial charge in [0.05, 0.1) is 12.2 Å². The van der Waals surface area contributed by atoms with Crippen molar-refractivity contribution in [1.29, 1.82) is 0 Å². The lowest BCUT2D eigenvalue weighted by Gasteiger charge is -2.07. The smallest absolute Gasteiger partial charge is 0.357 e. The molecule has 0 saturated carbocycles. The summed E-state index contributed by atoms with van der Waals surface area (Å²) in [4.78, 5) is 26.1. The summed E-state index contributed by atoms with van der Waals surface area (Å²) < 4.78 is 4.92. The molecule has 1 heterocycles. The van der Waals surface area contributed by atoms with Crippen LogP contribution in [0.25, 0.3) is 0 Å². The van der Waals surface area contributed by atoms with E-state index in [9.17, 15) is 9.59 Å². The average Bonchev–Trinajstić information content (AvgIpc) is 2.25. The van der Waals surface area contributed by atoms with Crippen LogP contribution >= 0.6 is 0 Å². The van der Waals surface area contributed by atoms with Gasteiger partial charge in [-0.2, -0.15) is 0 Å². The number of rotatable bonds is 4. The van der Waals surface area contributed by atoms with Gasteiger partial charge >= 0.3 is 11.9 Å². The Bertz CT molecular complexity index is 401. The lowest BCUT2D eigenvalue weighted by atomic mass is 10.2. The summed E-state index contributed by atoms with van der Waals surface area (Å²) in [5.41, 5.74) is -0.299. The van der Waals surface area contributed by atoms with Crippen LogP contribution in [-0.2, 0) is 4.74 Å². The van der Waals surface area contributed by atoms with Gasteiger partial charge in [-0.15, -0.1) is 0 Å². The number of carboxylic acids is 1. The Labute approximate surface area is 93.1 Å². The summed E-state index contributed by atoms with van der Waals surface area (Å²) in [6, 6.07) is 2.78. The van der Waals surface area contributed by atoms with E-state index in [1.54, 1.807) is 0 Å². The molecule has 0 radical (unpaired) electrons. The first kappa shape index (κ1) is 12.2. The topological polar surface area (TPSA) is 76.5 Å². The summed E-state index contributed by atoms with van der Waals surface area (Å²) in [7, 11) is 0. The normalized spacial score (nSPS) is 10.2. The van der Waals surface area contributed by atoms with Crippen molar-refractivity contribution in [2.75, 3.05) is 6.61 Å². The fraction of sp³-hybridized carbons (Fsp3) is 0.364. The van der Waals surface area contributed by atoms with Crippen LogP contribution < -0.4 is 0 Å². The van der Waals surface area contributed by atoms with Gasteiger partial charge in [0.1, 0.15) is 0 Å². The van der Waals surface area contributed by atoms with Crippen molar-refractivity contribution < 1.29 is 19.4 Å². The zero-order valence-corrected chi connectivity index (χ0v) is 9.14. The van der Waals surface area contributed by atoms with E-state index in [0.29, 0.717) is 0 Å². The van der Waals surface area contributed by atoms with Gasteiger partial charge in [0.2, 0.25) is 0 Å². The van der Waals surface area contributed by atoms with Gasteiger partial charge in [-0.3, -0.25) is 0 Å². The van der Waals surface area contributed by atoms with Crippen molar-refractivity contribution in [2.45, 2.75) is 13.8 Å². The number of carbonyl (C=O) groups is 2. The van der Waals surface area contributed by atoms with Crippen LogP contribution in [0.15, 0.2) is 18.3 Å². The summed E-state index contributed by atoms with van der Waals surface area (Å²) >= 11 is 0. The molecular weight excluding hydrogens is 210 g/mol. The number of aromatic nitrogens is 1. The van der Waals surface area contributed by atoms with Crippen LogP contribution in [0.2, 0.25) is 0 Å². The van der Waals surface area contributed by atoms with Crippen molar-refractivity contribution >= 4 is 11.9 Å². The van der Waals surface area contributed by atoms with E-state index in [0.717, 1.165) is 0 Å². The lowest BCUT2D eigenvalue weighted by Crippen LogP contribution is -2.15. The number of pyridine rings is 1. The molecular formula is C11H13NO4. The van der Waals surface area contributed by atoms with Gasteiger partial charge in [-0.05, 0) is 18.1 Å². The molecule has 86 valence electrons. The molecule has 5 nitrogen and oxygen atoms in total. The third kappa shape index (κ3) is 3.05. The second kappa shape index (κ2) is 5.25. The number of carbonyl (C=O) groups excluding carboxylic acids is 1. The summed E-state index contributed by atoms with van der Waals surface area (Å²) in [5, 5.41) is 8.84. The Hall–Kier alpha value is -1.91. The zero-order valence-electron chi connectivity index (χ0n) is 9.14. The molecule has 0 aromatic carbocycles. The second-order valence-corrected chi connectivity index (χ2v) is 3.70. The van der Waals surface area contributed by atoms with Crippen LogP contribution in [0.1, 0.15) is 34.7 Å². The molecule has 5 heteroatoms. The minimum atomic E-state index is -1.19. The molecule has 0 atom stereocenters. The van der Waals surface area contributed by atoms with Crippen molar-refractivity contribution in [3.8, 4) is 0 Å². The molecule has 0 unspecified atom stereocenters. The highest BCUT2D eigenvalue weighted by molar-refractivity contribution is 6.00. The maximum atomic E-state index is 11.5. The van der Waals surface area contributed by atoms with E-state index in [2.05, 4.69) is 4.98 Å². The highest BCUT2D eigenvalue weighted by atomic mass is 16.5. The lowest BCUT2D eigenvalue weighted by molar-refractivity contribution is 0.0443. The zero-order chi connectivity index (χ0) is 12.1. The van der Waals surface area contributed by atoms with Crippen LogP contribution in [0.5, 0.6) is 0 Å². The van der Waals surface area contributed by atoms with Crippen LogP contribution in [0.4, 0.5) is 0 Å². The standard InChI is InChI=1S/C11H13NO4/c1-7(2)6-16-11(15)9-8(10(13)14)4-3-5-12-9/h3-5,7H,6H2,1-2H3,(H,13,14). The fourth-order valence-corrected chi connectivity index (χ4v) is 1.05. The average molecular weight is 223 g/mol. The maximum Gasteiger partial charge on any atom is 0.357 e. The Morgan fingerprint density at radius 1 is 1.50 bits per heavy atom.